The molecule has 0 bridgehead atoms. The van der Waals surface area contributed by atoms with Crippen LogP contribution in [0.15, 0.2) is 46.8 Å². The Morgan fingerprint density at radius 1 is 1.40 bits per heavy atom. The lowest BCUT2D eigenvalue weighted by Crippen LogP contribution is -2.19. The van der Waals surface area contributed by atoms with Crippen molar-refractivity contribution in [2.75, 3.05) is 13.1 Å². The molecule has 4 rings (SSSR count). The molecular formula is C15H11ClN2S2. The van der Waals surface area contributed by atoms with E-state index < -0.39 is 0 Å². The van der Waals surface area contributed by atoms with Gasteiger partial charge in [-0.15, -0.1) is 11.3 Å². The Morgan fingerprint density at radius 2 is 2.30 bits per heavy atom. The number of benzene rings is 1. The highest BCUT2D eigenvalue weighted by Gasteiger charge is 2.32. The quantitative estimate of drug-likeness (QED) is 0.788. The molecule has 0 saturated carbocycles. The van der Waals surface area contributed by atoms with Crippen molar-refractivity contribution in [2.24, 2.45) is 4.99 Å². The molecule has 2 nitrogen and oxygen atoms in total. The largest absolute Gasteiger partial charge is 0.317 e. The van der Waals surface area contributed by atoms with Crippen molar-refractivity contribution in [3.8, 4) is 0 Å². The van der Waals surface area contributed by atoms with Gasteiger partial charge in [-0.25, -0.2) is 0 Å². The van der Waals surface area contributed by atoms with Crippen molar-refractivity contribution in [1.82, 2.24) is 4.90 Å². The molecule has 0 amide bonds. The van der Waals surface area contributed by atoms with E-state index in [1.54, 1.807) is 23.1 Å². The first-order valence-corrected chi connectivity index (χ1v) is 8.34. The third kappa shape index (κ3) is 1.75. The maximum absolute atomic E-state index is 6.29. The molecule has 0 aliphatic carbocycles. The molecule has 0 radical (unpaired) electrons. The van der Waals surface area contributed by atoms with Crippen LogP contribution in [-0.2, 0) is 0 Å². The lowest BCUT2D eigenvalue weighted by Gasteiger charge is -2.15. The highest BCUT2D eigenvalue weighted by Crippen LogP contribution is 2.45. The van der Waals surface area contributed by atoms with Gasteiger partial charge in [0.2, 0.25) is 0 Å². The van der Waals surface area contributed by atoms with Crippen molar-refractivity contribution in [2.45, 2.75) is 0 Å². The lowest BCUT2D eigenvalue weighted by molar-refractivity contribution is 0.650. The normalized spacial score (nSPS) is 17.9. The van der Waals surface area contributed by atoms with Crippen LogP contribution in [-0.4, -0.2) is 23.2 Å². The van der Waals surface area contributed by atoms with Crippen molar-refractivity contribution in [3.63, 3.8) is 0 Å². The molecule has 2 aliphatic heterocycles. The first-order chi connectivity index (χ1) is 9.78. The van der Waals surface area contributed by atoms with Gasteiger partial charge in [-0.1, -0.05) is 36.4 Å². The summed E-state index contributed by atoms with van der Waals surface area (Å²) in [5.41, 5.74) is 1.23. The number of thiophene rings is 1. The molecule has 5 heteroatoms. The van der Waals surface area contributed by atoms with Gasteiger partial charge in [0, 0.05) is 11.4 Å². The topological polar surface area (TPSA) is 15.6 Å². The minimum Gasteiger partial charge on any atom is -0.317 e. The second-order valence-corrected chi connectivity index (χ2v) is 7.07. The zero-order chi connectivity index (χ0) is 13.7. The molecule has 3 heterocycles. The second-order valence-electron chi connectivity index (χ2n) is 4.60. The van der Waals surface area contributed by atoms with Crippen LogP contribution in [0.5, 0.6) is 0 Å². The van der Waals surface area contributed by atoms with Crippen LogP contribution in [0.25, 0.3) is 15.8 Å². The van der Waals surface area contributed by atoms with Gasteiger partial charge in [-0.05, 0) is 29.3 Å². The molecule has 2 aliphatic rings. The molecule has 0 saturated heterocycles. The first kappa shape index (κ1) is 12.5. The molecule has 100 valence electrons. The van der Waals surface area contributed by atoms with Gasteiger partial charge in [-0.2, -0.15) is 0 Å². The fourth-order valence-electron chi connectivity index (χ4n) is 2.54. The van der Waals surface area contributed by atoms with Crippen molar-refractivity contribution in [3.05, 3.63) is 51.7 Å². The number of allylic oxidation sites excluding steroid dienone is 1. The molecule has 20 heavy (non-hydrogen) atoms. The third-order valence-electron chi connectivity index (χ3n) is 3.42. The number of nitrogens with zero attached hydrogens (tertiary/aromatic N) is 2. The molecule has 0 fully saturated rings. The molecule has 0 spiro atoms. The van der Waals surface area contributed by atoms with E-state index in [9.17, 15) is 0 Å². The SMILES string of the molecule is C=CC1=C(c2cc3cccc(Cl)c3s2)N2CCN=C2S1. The smallest absolute Gasteiger partial charge is 0.168 e. The van der Waals surface area contributed by atoms with E-state index in [4.69, 9.17) is 11.6 Å². The van der Waals surface area contributed by atoms with Crippen LogP contribution >= 0.6 is 34.7 Å². The third-order valence-corrected chi connectivity index (χ3v) is 6.15. The summed E-state index contributed by atoms with van der Waals surface area (Å²) in [5.74, 6) is 0. The van der Waals surface area contributed by atoms with E-state index in [0.717, 1.165) is 28.0 Å². The van der Waals surface area contributed by atoms with E-state index in [1.807, 2.05) is 18.2 Å². The number of rotatable bonds is 2. The van der Waals surface area contributed by atoms with Crippen molar-refractivity contribution in [1.29, 1.82) is 0 Å². The number of thioether (sulfide) groups is 1. The predicted molar refractivity (Wildman–Crippen MR) is 90.6 cm³/mol. The summed E-state index contributed by atoms with van der Waals surface area (Å²) in [6.07, 6.45) is 1.92. The molecule has 1 aromatic carbocycles. The summed E-state index contributed by atoms with van der Waals surface area (Å²) >= 11 is 9.74. The number of halogens is 1. The average molecular weight is 319 g/mol. The summed E-state index contributed by atoms with van der Waals surface area (Å²) in [7, 11) is 0. The van der Waals surface area contributed by atoms with Crippen LogP contribution in [0.4, 0.5) is 0 Å². The lowest BCUT2D eigenvalue weighted by atomic mass is 10.2. The first-order valence-electron chi connectivity index (χ1n) is 6.33. The van der Waals surface area contributed by atoms with Gasteiger partial charge in [0.1, 0.15) is 0 Å². The minimum absolute atomic E-state index is 0.820. The van der Waals surface area contributed by atoms with Gasteiger partial charge < -0.3 is 4.90 Å². The van der Waals surface area contributed by atoms with Gasteiger partial charge in [0.25, 0.3) is 0 Å². The van der Waals surface area contributed by atoms with E-state index in [1.165, 1.54) is 20.9 Å². The fraction of sp³-hybridized carbons (Fsp3) is 0.133. The molecule has 2 aromatic rings. The van der Waals surface area contributed by atoms with Crippen molar-refractivity contribution < 1.29 is 0 Å². The van der Waals surface area contributed by atoms with Gasteiger partial charge in [0.05, 0.1) is 26.8 Å². The molecular weight excluding hydrogens is 308 g/mol. The number of amidine groups is 1. The van der Waals surface area contributed by atoms with Gasteiger partial charge in [0.15, 0.2) is 5.17 Å². The number of fused-ring (bicyclic) bond motifs is 2. The Kier molecular flexibility index (Phi) is 2.91. The summed E-state index contributed by atoms with van der Waals surface area (Å²) < 4.78 is 1.15. The Labute approximate surface area is 130 Å². The summed E-state index contributed by atoms with van der Waals surface area (Å²) in [6, 6.07) is 8.26. The standard InChI is InChI=1S/C15H11ClN2S2/c1-2-11-13(18-7-6-17-15(18)20-11)12-8-9-4-3-5-10(16)14(9)19-12/h2-5,8H,1,6-7H2. The average Bonchev–Trinajstić information content (AvgIpc) is 3.10. The zero-order valence-electron chi connectivity index (χ0n) is 10.6. The summed E-state index contributed by atoms with van der Waals surface area (Å²) in [5, 5.41) is 3.11. The Balaban J connectivity index is 1.91. The highest BCUT2D eigenvalue weighted by molar-refractivity contribution is 8.17. The predicted octanol–water partition coefficient (Wildman–Crippen LogP) is 4.83. The van der Waals surface area contributed by atoms with E-state index in [-0.39, 0.29) is 0 Å². The maximum Gasteiger partial charge on any atom is 0.168 e. The van der Waals surface area contributed by atoms with Crippen LogP contribution in [0.2, 0.25) is 5.02 Å². The zero-order valence-corrected chi connectivity index (χ0v) is 13.0. The molecule has 0 atom stereocenters. The molecule has 0 N–H and O–H groups in total. The maximum atomic E-state index is 6.29. The highest BCUT2D eigenvalue weighted by atomic mass is 35.5. The number of hydrogen-bond donors (Lipinski definition) is 0. The van der Waals surface area contributed by atoms with Gasteiger partial charge >= 0.3 is 0 Å². The number of hydrogen-bond acceptors (Lipinski definition) is 4. The summed E-state index contributed by atoms with van der Waals surface area (Å²) in [6.45, 7) is 5.77. The molecule has 1 aromatic heterocycles. The Hall–Kier alpha value is -1.23. The monoisotopic (exact) mass is 318 g/mol. The summed E-state index contributed by atoms with van der Waals surface area (Å²) in [4.78, 5) is 9.25. The Bertz CT molecular complexity index is 788. The second kappa shape index (κ2) is 4.65. The van der Waals surface area contributed by atoms with E-state index in [2.05, 4.69) is 28.6 Å². The fourth-order valence-corrected chi connectivity index (χ4v) is 5.08. The van der Waals surface area contributed by atoms with E-state index >= 15 is 0 Å². The Morgan fingerprint density at radius 3 is 3.10 bits per heavy atom. The molecule has 0 unspecified atom stereocenters. The number of aliphatic imine (C=N–C) groups is 1. The van der Waals surface area contributed by atoms with Crippen LogP contribution in [0.1, 0.15) is 4.88 Å². The minimum atomic E-state index is 0.820. The van der Waals surface area contributed by atoms with Crippen molar-refractivity contribution >= 4 is 55.7 Å². The van der Waals surface area contributed by atoms with Gasteiger partial charge in [-0.3, -0.25) is 4.99 Å². The van der Waals surface area contributed by atoms with Crippen LogP contribution in [0.3, 0.4) is 0 Å². The van der Waals surface area contributed by atoms with Crippen LogP contribution < -0.4 is 0 Å². The van der Waals surface area contributed by atoms with Crippen LogP contribution in [0, 0.1) is 0 Å². The van der Waals surface area contributed by atoms with E-state index in [0.29, 0.717) is 0 Å².